The molecule has 0 spiro atoms. The van der Waals surface area contributed by atoms with E-state index in [0.717, 1.165) is 29.6 Å². The largest absolute Gasteiger partial charge is 0.416 e. The number of para-hydroxylation sites is 1. The van der Waals surface area contributed by atoms with Gasteiger partial charge in [-0.25, -0.2) is 0 Å². The maximum Gasteiger partial charge on any atom is 0.416 e. The summed E-state index contributed by atoms with van der Waals surface area (Å²) in [5, 5.41) is 0.954. The number of rotatable bonds is 6. The van der Waals surface area contributed by atoms with Gasteiger partial charge in [0.25, 0.3) is 5.91 Å². The number of aromatic amines is 1. The number of morpholine rings is 1. The van der Waals surface area contributed by atoms with Crippen LogP contribution in [0.2, 0.25) is 0 Å². The second kappa shape index (κ2) is 13.9. The Bertz CT molecular complexity index is 1400. The number of hydrogen-bond donors (Lipinski definition) is 1. The molecular formula is C30H36Cl2F6N4O2. The number of fused-ring (bicyclic) bond motifs is 1. The zero-order valence-electron chi connectivity index (χ0n) is 24.3. The van der Waals surface area contributed by atoms with Gasteiger partial charge in [-0.15, -0.1) is 24.8 Å². The minimum Gasteiger partial charge on any atom is -0.378 e. The van der Waals surface area contributed by atoms with E-state index in [4.69, 9.17) is 4.74 Å². The summed E-state index contributed by atoms with van der Waals surface area (Å²) >= 11 is 0. The highest BCUT2D eigenvalue weighted by atomic mass is 35.5. The predicted octanol–water partition coefficient (Wildman–Crippen LogP) is 6.53. The van der Waals surface area contributed by atoms with Crippen molar-refractivity contribution in [3.8, 4) is 0 Å². The number of H-pyrrole nitrogens is 1. The maximum atomic E-state index is 13.7. The number of hydrogen-bond acceptors (Lipinski definition) is 4. The lowest BCUT2D eigenvalue weighted by molar-refractivity contribution is -0.143. The number of amides is 1. The number of carbonyl (C=O) groups excluding carboxylic acids is 1. The lowest BCUT2D eigenvalue weighted by Crippen LogP contribution is -2.59. The van der Waals surface area contributed by atoms with E-state index in [-0.39, 0.29) is 43.0 Å². The fourth-order valence-corrected chi connectivity index (χ4v) is 5.93. The van der Waals surface area contributed by atoms with Crippen molar-refractivity contribution in [1.29, 1.82) is 0 Å². The van der Waals surface area contributed by atoms with Gasteiger partial charge < -0.3 is 14.6 Å². The number of nitrogens with one attached hydrogen (secondary N) is 1. The Kier molecular flexibility index (Phi) is 11.3. The smallest absolute Gasteiger partial charge is 0.378 e. The predicted molar refractivity (Wildman–Crippen MR) is 161 cm³/mol. The van der Waals surface area contributed by atoms with E-state index < -0.39 is 41.0 Å². The summed E-state index contributed by atoms with van der Waals surface area (Å²) in [6.45, 7) is 8.83. The third-order valence-corrected chi connectivity index (χ3v) is 8.30. The van der Waals surface area contributed by atoms with Gasteiger partial charge in [-0.05, 0) is 50.1 Å². The molecule has 1 amide bonds. The van der Waals surface area contributed by atoms with Gasteiger partial charge in [-0.2, -0.15) is 26.3 Å². The fourth-order valence-electron chi connectivity index (χ4n) is 5.93. The van der Waals surface area contributed by atoms with E-state index in [9.17, 15) is 31.1 Å². The van der Waals surface area contributed by atoms with Crippen LogP contribution in [0.15, 0.2) is 48.7 Å². The van der Waals surface area contributed by atoms with Gasteiger partial charge >= 0.3 is 12.4 Å². The number of benzene rings is 2. The molecule has 1 N–H and O–H groups in total. The summed E-state index contributed by atoms with van der Waals surface area (Å²) in [5.74, 6) is -0.842. The van der Waals surface area contributed by atoms with E-state index in [1.807, 2.05) is 30.5 Å². The van der Waals surface area contributed by atoms with Gasteiger partial charge in [-0.1, -0.05) is 18.2 Å². The minimum atomic E-state index is -5.04. The molecule has 1 aromatic heterocycles. The molecule has 5 rings (SSSR count). The summed E-state index contributed by atoms with van der Waals surface area (Å²) in [6.07, 6.45) is -7.84. The first-order valence-corrected chi connectivity index (χ1v) is 13.9. The van der Waals surface area contributed by atoms with E-state index in [2.05, 4.69) is 28.6 Å². The Balaban J connectivity index is 0.00000264. The van der Waals surface area contributed by atoms with E-state index in [0.29, 0.717) is 51.4 Å². The van der Waals surface area contributed by atoms with Crippen molar-refractivity contribution in [2.75, 3.05) is 52.5 Å². The molecule has 2 aliphatic rings. The Morgan fingerprint density at radius 3 is 2.25 bits per heavy atom. The number of aromatic nitrogens is 1. The first kappa shape index (κ1) is 36.0. The summed E-state index contributed by atoms with van der Waals surface area (Å²) in [4.78, 5) is 22.9. The Morgan fingerprint density at radius 1 is 0.955 bits per heavy atom. The van der Waals surface area contributed by atoms with E-state index in [1.54, 1.807) is 0 Å². The Labute approximate surface area is 264 Å². The molecule has 0 saturated carbocycles. The second-order valence-electron chi connectivity index (χ2n) is 11.7. The molecule has 0 aliphatic carbocycles. The van der Waals surface area contributed by atoms with Crippen LogP contribution in [-0.2, 0) is 23.5 Å². The van der Waals surface area contributed by atoms with Crippen LogP contribution in [0.1, 0.15) is 40.9 Å². The molecule has 0 bridgehead atoms. The van der Waals surface area contributed by atoms with Crippen LogP contribution in [0, 0.1) is 0 Å². The Morgan fingerprint density at radius 2 is 1.61 bits per heavy atom. The second-order valence-corrected chi connectivity index (χ2v) is 11.7. The highest BCUT2D eigenvalue weighted by Crippen LogP contribution is 2.37. The maximum absolute atomic E-state index is 13.7. The summed E-state index contributed by atoms with van der Waals surface area (Å²) in [5.41, 5.74) is -1.92. The van der Waals surface area contributed by atoms with Gasteiger partial charge in [-0.3, -0.25) is 14.6 Å². The van der Waals surface area contributed by atoms with E-state index in [1.165, 1.54) is 4.90 Å². The molecular weight excluding hydrogens is 633 g/mol. The zero-order chi connectivity index (χ0) is 30.3. The van der Waals surface area contributed by atoms with E-state index >= 15 is 0 Å². The SMILES string of the molecule is CC1(C)COCCN1CCN1CCN(C(=O)c2cc(C(F)(F)F)cc(C(F)(F)F)c2)[C@H](Cc2c[nH]c3ccccc23)C1.Cl.Cl. The normalized spacial score (nSPS) is 19.8. The molecule has 244 valence electrons. The molecule has 2 saturated heterocycles. The number of piperazine rings is 1. The molecule has 14 heteroatoms. The van der Waals surface area contributed by atoms with Gasteiger partial charge in [0.05, 0.1) is 24.3 Å². The standard InChI is InChI=1S/C30H34F6N4O2.2ClH/c1-28(2)19-42-12-11-39(28)9-7-38-8-10-40(24(18-38)15-21-17-37-26-6-4-3-5-25(21)26)27(41)20-13-22(29(31,32)33)16-23(14-20)30(34,35)36;;/h3-6,13-14,16-17,24,37H,7-12,15,18-19H2,1-2H3;2*1H/t24-;;/m1../s1. The topological polar surface area (TPSA) is 51.8 Å². The lowest BCUT2D eigenvalue weighted by atomic mass is 9.98. The molecule has 0 unspecified atom stereocenters. The average Bonchev–Trinajstić information content (AvgIpc) is 3.33. The third kappa shape index (κ3) is 8.00. The molecule has 3 aromatic rings. The zero-order valence-corrected chi connectivity index (χ0v) is 25.9. The average molecular weight is 670 g/mol. The van der Waals surface area contributed by atoms with Crippen molar-refractivity contribution in [3.05, 3.63) is 70.9 Å². The molecule has 2 aliphatic heterocycles. The molecule has 44 heavy (non-hydrogen) atoms. The number of carbonyl (C=O) groups is 1. The first-order valence-electron chi connectivity index (χ1n) is 13.9. The van der Waals surface area contributed by atoms with Crippen LogP contribution in [0.4, 0.5) is 26.3 Å². The monoisotopic (exact) mass is 668 g/mol. The van der Waals surface area contributed by atoms with Gasteiger partial charge in [0.15, 0.2) is 0 Å². The van der Waals surface area contributed by atoms with Crippen LogP contribution >= 0.6 is 24.8 Å². The summed E-state index contributed by atoms with van der Waals surface area (Å²) < 4.78 is 86.9. The fraction of sp³-hybridized carbons (Fsp3) is 0.500. The quantitative estimate of drug-likeness (QED) is 0.304. The van der Waals surface area contributed by atoms with Crippen molar-refractivity contribution in [2.24, 2.45) is 0 Å². The molecule has 2 aromatic carbocycles. The first-order chi connectivity index (χ1) is 19.7. The number of ether oxygens (including phenoxy) is 1. The minimum absolute atomic E-state index is 0. The van der Waals surface area contributed by atoms with Crippen LogP contribution < -0.4 is 0 Å². The van der Waals surface area contributed by atoms with Gasteiger partial charge in [0.2, 0.25) is 0 Å². The van der Waals surface area contributed by atoms with Crippen LogP contribution in [0.3, 0.4) is 0 Å². The van der Waals surface area contributed by atoms with Gasteiger partial charge in [0.1, 0.15) is 0 Å². The number of alkyl halides is 6. The van der Waals surface area contributed by atoms with Crippen LogP contribution in [-0.4, -0.2) is 89.7 Å². The van der Waals surface area contributed by atoms with Crippen LogP contribution in [0.25, 0.3) is 10.9 Å². The van der Waals surface area contributed by atoms with Crippen molar-refractivity contribution in [1.82, 2.24) is 19.7 Å². The summed E-state index contributed by atoms with van der Waals surface area (Å²) in [6, 6.07) is 8.26. The van der Waals surface area contributed by atoms with Gasteiger partial charge in [0, 0.05) is 73.5 Å². The van der Waals surface area contributed by atoms with Crippen molar-refractivity contribution in [3.63, 3.8) is 0 Å². The number of halogens is 8. The molecule has 2 fully saturated rings. The molecule has 1 atom stereocenters. The summed E-state index contributed by atoms with van der Waals surface area (Å²) in [7, 11) is 0. The van der Waals surface area contributed by atoms with Crippen molar-refractivity contribution >= 4 is 41.6 Å². The third-order valence-electron chi connectivity index (χ3n) is 8.30. The van der Waals surface area contributed by atoms with Crippen molar-refractivity contribution in [2.45, 2.75) is 44.2 Å². The molecule has 3 heterocycles. The number of nitrogens with zero attached hydrogens (tertiary/aromatic N) is 3. The van der Waals surface area contributed by atoms with Crippen molar-refractivity contribution < 1.29 is 35.9 Å². The molecule has 0 radical (unpaired) electrons. The highest BCUT2D eigenvalue weighted by molar-refractivity contribution is 5.95. The van der Waals surface area contributed by atoms with Crippen LogP contribution in [0.5, 0.6) is 0 Å². The highest BCUT2D eigenvalue weighted by Gasteiger charge is 2.39. The molecule has 6 nitrogen and oxygen atoms in total. The lowest BCUT2D eigenvalue weighted by Gasteiger charge is -2.45. The Hall–Kier alpha value is -2.51.